The van der Waals surface area contributed by atoms with Crippen molar-refractivity contribution in [3.8, 4) is 0 Å². The molecule has 2 rings (SSSR count). The highest BCUT2D eigenvalue weighted by atomic mass is 16.3. The Morgan fingerprint density at radius 2 is 2.31 bits per heavy atom. The Bertz CT molecular complexity index is 317. The molecule has 0 radical (unpaired) electrons. The summed E-state index contributed by atoms with van der Waals surface area (Å²) in [6, 6.07) is 2.94. The van der Waals surface area contributed by atoms with Crippen LogP contribution in [0.15, 0.2) is 16.7 Å². The van der Waals surface area contributed by atoms with E-state index in [1.54, 1.807) is 0 Å². The minimum atomic E-state index is 0.780. The van der Waals surface area contributed by atoms with Crippen LogP contribution in [0.1, 0.15) is 37.5 Å². The first-order chi connectivity index (χ1) is 7.79. The van der Waals surface area contributed by atoms with Gasteiger partial charge in [-0.15, -0.1) is 0 Å². The number of rotatable bonds is 6. The van der Waals surface area contributed by atoms with Crippen LogP contribution in [0.4, 0.5) is 0 Å². The Morgan fingerprint density at radius 1 is 1.50 bits per heavy atom. The standard InChI is InChI=1S/C13H22N2O/c1-3-14-8-11-7-13(16-10-11)9-15(2)12-5-4-6-12/h7,10,12,14H,3-6,8-9H2,1-2H3. The van der Waals surface area contributed by atoms with E-state index in [0.29, 0.717) is 0 Å². The molecule has 1 saturated carbocycles. The number of hydrogen-bond donors (Lipinski definition) is 1. The molecule has 0 amide bonds. The molecule has 0 unspecified atom stereocenters. The molecule has 0 saturated heterocycles. The molecule has 0 aromatic carbocycles. The van der Waals surface area contributed by atoms with E-state index in [1.165, 1.54) is 24.8 Å². The highest BCUT2D eigenvalue weighted by Crippen LogP contribution is 2.25. The van der Waals surface area contributed by atoms with Crippen molar-refractivity contribution in [3.05, 3.63) is 23.7 Å². The van der Waals surface area contributed by atoms with Gasteiger partial charge >= 0.3 is 0 Å². The first-order valence-corrected chi connectivity index (χ1v) is 6.27. The summed E-state index contributed by atoms with van der Waals surface area (Å²) in [4.78, 5) is 2.40. The van der Waals surface area contributed by atoms with Crippen molar-refractivity contribution >= 4 is 0 Å². The van der Waals surface area contributed by atoms with Gasteiger partial charge in [0.1, 0.15) is 5.76 Å². The summed E-state index contributed by atoms with van der Waals surface area (Å²) in [5.74, 6) is 1.09. The van der Waals surface area contributed by atoms with Crippen molar-refractivity contribution in [2.45, 2.75) is 45.3 Å². The quantitative estimate of drug-likeness (QED) is 0.801. The highest BCUT2D eigenvalue weighted by molar-refractivity contribution is 5.12. The van der Waals surface area contributed by atoms with Crippen LogP contribution in [0.25, 0.3) is 0 Å². The Morgan fingerprint density at radius 3 is 2.94 bits per heavy atom. The van der Waals surface area contributed by atoms with E-state index in [4.69, 9.17) is 4.42 Å². The second-order valence-electron chi connectivity index (χ2n) is 4.70. The normalized spacial score (nSPS) is 16.7. The molecule has 1 aromatic heterocycles. The maximum Gasteiger partial charge on any atom is 0.118 e. The first-order valence-electron chi connectivity index (χ1n) is 6.27. The van der Waals surface area contributed by atoms with E-state index in [9.17, 15) is 0 Å². The molecule has 16 heavy (non-hydrogen) atoms. The summed E-state index contributed by atoms with van der Waals surface area (Å²) in [7, 11) is 2.19. The lowest BCUT2D eigenvalue weighted by Crippen LogP contribution is -2.36. The fourth-order valence-electron chi connectivity index (χ4n) is 2.07. The molecule has 90 valence electrons. The van der Waals surface area contributed by atoms with E-state index in [1.807, 2.05) is 6.26 Å². The van der Waals surface area contributed by atoms with Crippen molar-refractivity contribution in [3.63, 3.8) is 0 Å². The molecule has 1 aliphatic carbocycles. The zero-order valence-electron chi connectivity index (χ0n) is 10.3. The van der Waals surface area contributed by atoms with Crippen LogP contribution in [0.5, 0.6) is 0 Å². The lowest BCUT2D eigenvalue weighted by molar-refractivity contribution is 0.143. The van der Waals surface area contributed by atoms with E-state index in [-0.39, 0.29) is 0 Å². The van der Waals surface area contributed by atoms with Crippen LogP contribution in [0, 0.1) is 0 Å². The third-order valence-electron chi connectivity index (χ3n) is 3.39. The van der Waals surface area contributed by atoms with Crippen molar-refractivity contribution in [1.82, 2.24) is 10.2 Å². The molecule has 0 bridgehead atoms. The SMILES string of the molecule is CCNCc1coc(CN(C)C2CCC2)c1. The van der Waals surface area contributed by atoms with Gasteiger partial charge < -0.3 is 9.73 Å². The zero-order valence-corrected chi connectivity index (χ0v) is 10.3. The monoisotopic (exact) mass is 222 g/mol. The van der Waals surface area contributed by atoms with Crippen LogP contribution in [-0.2, 0) is 13.1 Å². The van der Waals surface area contributed by atoms with Crippen molar-refractivity contribution < 1.29 is 4.42 Å². The van der Waals surface area contributed by atoms with Gasteiger partial charge in [-0.3, -0.25) is 4.90 Å². The molecule has 1 aromatic rings. The molecule has 0 aliphatic heterocycles. The number of nitrogens with one attached hydrogen (secondary N) is 1. The van der Waals surface area contributed by atoms with Gasteiger partial charge in [-0.25, -0.2) is 0 Å². The third-order valence-corrected chi connectivity index (χ3v) is 3.39. The number of nitrogens with zero attached hydrogens (tertiary/aromatic N) is 1. The second-order valence-corrected chi connectivity index (χ2v) is 4.70. The Balaban J connectivity index is 1.81. The lowest BCUT2D eigenvalue weighted by Gasteiger charge is -2.34. The fraction of sp³-hybridized carbons (Fsp3) is 0.692. The lowest BCUT2D eigenvalue weighted by atomic mass is 9.92. The molecular weight excluding hydrogens is 200 g/mol. The minimum Gasteiger partial charge on any atom is -0.468 e. The molecule has 3 nitrogen and oxygen atoms in total. The van der Waals surface area contributed by atoms with Crippen molar-refractivity contribution in [2.75, 3.05) is 13.6 Å². The van der Waals surface area contributed by atoms with Gasteiger partial charge in [0.05, 0.1) is 12.8 Å². The fourth-order valence-corrected chi connectivity index (χ4v) is 2.07. The summed E-state index contributed by atoms with van der Waals surface area (Å²) < 4.78 is 5.57. The molecule has 0 spiro atoms. The molecule has 1 aliphatic rings. The van der Waals surface area contributed by atoms with Crippen LogP contribution in [0.3, 0.4) is 0 Å². The molecular formula is C13H22N2O. The van der Waals surface area contributed by atoms with Gasteiger partial charge in [0.15, 0.2) is 0 Å². The maximum absolute atomic E-state index is 5.57. The second kappa shape index (κ2) is 5.51. The summed E-state index contributed by atoms with van der Waals surface area (Å²) in [5.41, 5.74) is 1.25. The first kappa shape index (κ1) is 11.7. The van der Waals surface area contributed by atoms with Gasteiger partial charge in [-0.2, -0.15) is 0 Å². The van der Waals surface area contributed by atoms with Crippen LogP contribution < -0.4 is 5.32 Å². The predicted octanol–water partition coefficient (Wildman–Crippen LogP) is 2.37. The smallest absolute Gasteiger partial charge is 0.118 e. The zero-order chi connectivity index (χ0) is 11.4. The number of furan rings is 1. The van der Waals surface area contributed by atoms with E-state index >= 15 is 0 Å². The summed E-state index contributed by atoms with van der Waals surface area (Å²) in [6.45, 7) is 4.97. The largest absolute Gasteiger partial charge is 0.468 e. The summed E-state index contributed by atoms with van der Waals surface area (Å²) in [5, 5.41) is 3.30. The topological polar surface area (TPSA) is 28.4 Å². The van der Waals surface area contributed by atoms with Gasteiger partial charge in [-0.05, 0) is 32.5 Å². The molecule has 0 atom stereocenters. The van der Waals surface area contributed by atoms with Crippen LogP contribution >= 0.6 is 0 Å². The highest BCUT2D eigenvalue weighted by Gasteiger charge is 2.22. The van der Waals surface area contributed by atoms with Crippen molar-refractivity contribution in [2.24, 2.45) is 0 Å². The van der Waals surface area contributed by atoms with Crippen LogP contribution in [0.2, 0.25) is 0 Å². The average Bonchev–Trinajstić information content (AvgIpc) is 2.59. The average molecular weight is 222 g/mol. The van der Waals surface area contributed by atoms with Gasteiger partial charge in [0, 0.05) is 18.2 Å². The Hall–Kier alpha value is -0.800. The minimum absolute atomic E-state index is 0.780. The predicted molar refractivity (Wildman–Crippen MR) is 65.2 cm³/mol. The van der Waals surface area contributed by atoms with E-state index < -0.39 is 0 Å². The molecule has 3 heteroatoms. The molecule has 1 heterocycles. The summed E-state index contributed by atoms with van der Waals surface area (Å²) in [6.07, 6.45) is 5.95. The van der Waals surface area contributed by atoms with Gasteiger partial charge in [0.2, 0.25) is 0 Å². The van der Waals surface area contributed by atoms with Crippen molar-refractivity contribution in [1.29, 1.82) is 0 Å². The van der Waals surface area contributed by atoms with Gasteiger partial charge in [-0.1, -0.05) is 13.3 Å². The number of hydrogen-bond acceptors (Lipinski definition) is 3. The molecule has 1 N–H and O–H groups in total. The Kier molecular flexibility index (Phi) is 4.02. The van der Waals surface area contributed by atoms with E-state index in [0.717, 1.165) is 31.4 Å². The van der Waals surface area contributed by atoms with Gasteiger partial charge in [0.25, 0.3) is 0 Å². The Labute approximate surface area is 97.8 Å². The molecule has 1 fully saturated rings. The maximum atomic E-state index is 5.57. The van der Waals surface area contributed by atoms with E-state index in [2.05, 4.69) is 30.3 Å². The van der Waals surface area contributed by atoms with Crippen LogP contribution in [-0.4, -0.2) is 24.5 Å². The summed E-state index contributed by atoms with van der Waals surface area (Å²) >= 11 is 0. The third kappa shape index (κ3) is 2.86.